The van der Waals surface area contributed by atoms with E-state index in [9.17, 15) is 9.59 Å². The van der Waals surface area contributed by atoms with Gasteiger partial charge in [0, 0.05) is 22.8 Å². The molecule has 0 spiro atoms. The van der Waals surface area contributed by atoms with Crippen LogP contribution in [-0.4, -0.2) is 25.0 Å². The quantitative estimate of drug-likeness (QED) is 0.617. The number of anilines is 1. The third-order valence-electron chi connectivity index (χ3n) is 3.25. The van der Waals surface area contributed by atoms with Gasteiger partial charge in [0.1, 0.15) is 0 Å². The molecule has 0 aliphatic rings. The van der Waals surface area contributed by atoms with Crippen LogP contribution in [0.5, 0.6) is 5.75 Å². The zero-order valence-corrected chi connectivity index (χ0v) is 17.0. The Hall–Kier alpha value is -1.76. The maximum Gasteiger partial charge on any atom is 0.262 e. The van der Waals surface area contributed by atoms with Crippen LogP contribution in [0, 0.1) is 0 Å². The number of rotatable bonds is 7. The zero-order chi connectivity index (χ0) is 19.1. The molecule has 0 heterocycles. The monoisotopic (exact) mass is 458 g/mol. The van der Waals surface area contributed by atoms with E-state index in [1.165, 1.54) is 6.07 Å². The summed E-state index contributed by atoms with van der Waals surface area (Å²) in [6, 6.07) is 9.83. The van der Waals surface area contributed by atoms with Gasteiger partial charge < -0.3 is 15.4 Å². The fourth-order valence-electron chi connectivity index (χ4n) is 2.08. The van der Waals surface area contributed by atoms with Crippen LogP contribution in [0.2, 0.25) is 10.0 Å². The van der Waals surface area contributed by atoms with Gasteiger partial charge in [-0.2, -0.15) is 0 Å². The number of halogens is 3. The van der Waals surface area contributed by atoms with Crippen molar-refractivity contribution in [2.45, 2.75) is 13.3 Å². The largest absolute Gasteiger partial charge is 0.481 e. The van der Waals surface area contributed by atoms with Gasteiger partial charge in [0.2, 0.25) is 0 Å². The standard InChI is InChI=1S/C18H17BrCl2N2O3/c1-2-6-22-18(25)11-4-3-5-13(7-11)23-16(24)10-26-17-14(19)8-12(20)9-15(17)21/h3-5,7-9H,2,6,10H2,1H3,(H,22,25)(H,23,24). The van der Waals surface area contributed by atoms with E-state index >= 15 is 0 Å². The van der Waals surface area contributed by atoms with Crippen molar-refractivity contribution in [2.75, 3.05) is 18.5 Å². The molecule has 0 aliphatic carbocycles. The smallest absolute Gasteiger partial charge is 0.262 e. The van der Waals surface area contributed by atoms with Gasteiger partial charge >= 0.3 is 0 Å². The van der Waals surface area contributed by atoms with E-state index in [4.69, 9.17) is 27.9 Å². The van der Waals surface area contributed by atoms with Crippen molar-refractivity contribution >= 4 is 56.6 Å². The lowest BCUT2D eigenvalue weighted by Crippen LogP contribution is -2.24. The Morgan fingerprint density at radius 2 is 1.96 bits per heavy atom. The second-order valence-electron chi connectivity index (χ2n) is 5.37. The Balaban J connectivity index is 1.97. The molecule has 2 aromatic rings. The number of ether oxygens (including phenoxy) is 1. The third kappa shape index (κ3) is 5.90. The minimum absolute atomic E-state index is 0.184. The van der Waals surface area contributed by atoms with Gasteiger partial charge in [-0.1, -0.05) is 36.2 Å². The molecule has 0 radical (unpaired) electrons. The molecule has 2 amide bonds. The third-order valence-corrected chi connectivity index (χ3v) is 4.34. The van der Waals surface area contributed by atoms with E-state index in [0.717, 1.165) is 6.42 Å². The fraction of sp³-hybridized carbons (Fsp3) is 0.222. The highest BCUT2D eigenvalue weighted by Gasteiger charge is 2.12. The summed E-state index contributed by atoms with van der Waals surface area (Å²) in [7, 11) is 0. The Labute approximate surface area is 170 Å². The summed E-state index contributed by atoms with van der Waals surface area (Å²) in [5, 5.41) is 6.22. The van der Waals surface area contributed by atoms with Crippen LogP contribution in [0.15, 0.2) is 40.9 Å². The normalized spacial score (nSPS) is 10.3. The van der Waals surface area contributed by atoms with Crippen LogP contribution in [0.4, 0.5) is 5.69 Å². The highest BCUT2D eigenvalue weighted by Crippen LogP contribution is 2.36. The van der Waals surface area contributed by atoms with Gasteiger partial charge in [0.25, 0.3) is 11.8 Å². The summed E-state index contributed by atoms with van der Waals surface area (Å²) in [4.78, 5) is 24.1. The number of hydrogen-bond donors (Lipinski definition) is 2. The van der Waals surface area contributed by atoms with Crippen molar-refractivity contribution in [3.8, 4) is 5.75 Å². The van der Waals surface area contributed by atoms with Crippen molar-refractivity contribution in [1.82, 2.24) is 5.32 Å². The lowest BCUT2D eigenvalue weighted by Gasteiger charge is -2.11. The predicted octanol–water partition coefficient (Wildman–Crippen LogP) is 4.91. The maximum atomic E-state index is 12.1. The second-order valence-corrected chi connectivity index (χ2v) is 7.07. The minimum Gasteiger partial charge on any atom is -0.481 e. The van der Waals surface area contributed by atoms with Crippen molar-refractivity contribution < 1.29 is 14.3 Å². The number of hydrogen-bond acceptors (Lipinski definition) is 3. The van der Waals surface area contributed by atoms with Crippen LogP contribution >= 0.6 is 39.1 Å². The van der Waals surface area contributed by atoms with Crippen LogP contribution in [0.25, 0.3) is 0 Å². The number of amides is 2. The van der Waals surface area contributed by atoms with E-state index in [1.807, 2.05) is 6.92 Å². The van der Waals surface area contributed by atoms with Gasteiger partial charge in [-0.3, -0.25) is 9.59 Å². The molecule has 138 valence electrons. The first-order valence-corrected chi connectivity index (χ1v) is 9.41. The lowest BCUT2D eigenvalue weighted by molar-refractivity contribution is -0.118. The van der Waals surface area contributed by atoms with Crippen molar-refractivity contribution in [3.63, 3.8) is 0 Å². The van der Waals surface area contributed by atoms with E-state index in [1.54, 1.807) is 30.3 Å². The van der Waals surface area contributed by atoms with Crippen LogP contribution in [0.1, 0.15) is 23.7 Å². The van der Waals surface area contributed by atoms with Gasteiger partial charge in [0.15, 0.2) is 12.4 Å². The Kier molecular flexibility index (Phi) is 7.75. The van der Waals surface area contributed by atoms with Gasteiger partial charge in [0.05, 0.1) is 9.50 Å². The molecular weight excluding hydrogens is 443 g/mol. The summed E-state index contributed by atoms with van der Waals surface area (Å²) < 4.78 is 6.01. The highest BCUT2D eigenvalue weighted by atomic mass is 79.9. The SMILES string of the molecule is CCCNC(=O)c1cccc(NC(=O)COc2c(Cl)cc(Cl)cc2Br)c1. The summed E-state index contributed by atoms with van der Waals surface area (Å²) in [6.45, 7) is 2.33. The fourth-order valence-corrected chi connectivity index (χ4v) is 3.45. The van der Waals surface area contributed by atoms with E-state index in [-0.39, 0.29) is 18.4 Å². The van der Waals surface area contributed by atoms with Crippen LogP contribution in [-0.2, 0) is 4.79 Å². The first-order valence-electron chi connectivity index (χ1n) is 7.86. The molecule has 0 saturated carbocycles. The first kappa shape index (κ1) is 20.6. The van der Waals surface area contributed by atoms with Gasteiger partial charge in [-0.25, -0.2) is 0 Å². The molecule has 0 bridgehead atoms. The molecule has 0 atom stereocenters. The average Bonchev–Trinajstić information content (AvgIpc) is 2.59. The zero-order valence-electron chi connectivity index (χ0n) is 13.9. The molecule has 2 N–H and O–H groups in total. The summed E-state index contributed by atoms with van der Waals surface area (Å²) in [5.41, 5.74) is 0.977. The number of nitrogens with one attached hydrogen (secondary N) is 2. The molecule has 0 aliphatic heterocycles. The maximum absolute atomic E-state index is 12.1. The van der Waals surface area contributed by atoms with Crippen LogP contribution < -0.4 is 15.4 Å². The minimum atomic E-state index is -0.381. The summed E-state index contributed by atoms with van der Waals surface area (Å²) in [6.07, 6.45) is 0.850. The average molecular weight is 460 g/mol. The van der Waals surface area contributed by atoms with E-state index in [2.05, 4.69) is 26.6 Å². The number of benzene rings is 2. The van der Waals surface area contributed by atoms with Gasteiger partial charge in [-0.05, 0) is 52.7 Å². The molecule has 5 nitrogen and oxygen atoms in total. The number of carbonyl (C=O) groups is 2. The molecule has 0 saturated heterocycles. The molecular formula is C18H17BrCl2N2O3. The highest BCUT2D eigenvalue weighted by molar-refractivity contribution is 9.10. The Morgan fingerprint density at radius 3 is 2.65 bits per heavy atom. The van der Waals surface area contributed by atoms with E-state index in [0.29, 0.717) is 38.1 Å². The summed E-state index contributed by atoms with van der Waals surface area (Å²) >= 11 is 15.2. The molecule has 0 aromatic heterocycles. The second kappa shape index (κ2) is 9.80. The first-order chi connectivity index (χ1) is 12.4. The van der Waals surface area contributed by atoms with Crippen molar-refractivity contribution in [2.24, 2.45) is 0 Å². The molecule has 26 heavy (non-hydrogen) atoms. The number of carbonyl (C=O) groups excluding carboxylic acids is 2. The predicted molar refractivity (Wildman–Crippen MR) is 107 cm³/mol. The van der Waals surface area contributed by atoms with Crippen molar-refractivity contribution in [1.29, 1.82) is 0 Å². The van der Waals surface area contributed by atoms with Gasteiger partial charge in [-0.15, -0.1) is 0 Å². The van der Waals surface area contributed by atoms with Crippen LogP contribution in [0.3, 0.4) is 0 Å². The Bertz CT molecular complexity index is 792. The molecule has 2 rings (SSSR count). The molecule has 2 aromatic carbocycles. The molecule has 0 fully saturated rings. The van der Waals surface area contributed by atoms with Crippen molar-refractivity contribution in [3.05, 3.63) is 56.5 Å². The summed E-state index contributed by atoms with van der Waals surface area (Å²) in [5.74, 6) is -0.232. The Morgan fingerprint density at radius 1 is 1.19 bits per heavy atom. The van der Waals surface area contributed by atoms with E-state index < -0.39 is 0 Å². The molecule has 0 unspecified atom stereocenters. The topological polar surface area (TPSA) is 67.4 Å². The molecule has 8 heteroatoms. The lowest BCUT2D eigenvalue weighted by atomic mass is 10.2.